The van der Waals surface area contributed by atoms with Crippen LogP contribution < -0.4 is 10.1 Å². The Morgan fingerprint density at radius 1 is 1.14 bits per heavy atom. The van der Waals surface area contributed by atoms with Crippen molar-refractivity contribution in [1.82, 2.24) is 5.32 Å². The number of carbonyl (C=O) groups excluding carboxylic acids is 1. The molecule has 2 rings (SSSR count). The van der Waals surface area contributed by atoms with Crippen LogP contribution in [0.3, 0.4) is 0 Å². The van der Waals surface area contributed by atoms with Crippen molar-refractivity contribution in [2.45, 2.75) is 57.7 Å². The fraction of sp³-hybridized carbons (Fsp3) is 0.519. The summed E-state index contributed by atoms with van der Waals surface area (Å²) in [5.41, 5.74) is 1.21. The highest BCUT2D eigenvalue weighted by Gasteiger charge is 2.24. The molecule has 0 aliphatic rings. The molecule has 2 aromatic carbocycles. The Kier molecular flexibility index (Phi) is 13.2. The number of carbonyl (C=O) groups is 1. The van der Waals surface area contributed by atoms with Gasteiger partial charge in [0.1, 0.15) is 11.4 Å². The summed E-state index contributed by atoms with van der Waals surface area (Å²) in [6, 6.07) is 12.8. The molecule has 0 spiro atoms. The van der Waals surface area contributed by atoms with Crippen LogP contribution >= 0.6 is 27.5 Å². The fourth-order valence-corrected chi connectivity index (χ4v) is 4.54. The minimum atomic E-state index is -0.536. The molecule has 0 bridgehead atoms. The zero-order valence-corrected chi connectivity index (χ0v) is 23.7. The molecular formula is C27H37BrClNO6. The van der Waals surface area contributed by atoms with Gasteiger partial charge in [-0.15, -0.1) is 0 Å². The summed E-state index contributed by atoms with van der Waals surface area (Å²) in [6.07, 6.45) is 1.41. The lowest BCUT2D eigenvalue weighted by Gasteiger charge is -2.28. The molecule has 0 aliphatic carbocycles. The van der Waals surface area contributed by atoms with Crippen molar-refractivity contribution in [2.75, 3.05) is 33.7 Å². The van der Waals surface area contributed by atoms with Crippen LogP contribution in [0.1, 0.15) is 63.2 Å². The van der Waals surface area contributed by atoms with E-state index in [1.807, 2.05) is 57.2 Å². The minimum Gasteiger partial charge on any atom is -0.466 e. The summed E-state index contributed by atoms with van der Waals surface area (Å²) in [5.74, 6) is 0.232. The van der Waals surface area contributed by atoms with E-state index in [0.29, 0.717) is 36.8 Å². The van der Waals surface area contributed by atoms with Crippen LogP contribution in [-0.4, -0.2) is 50.4 Å². The average Bonchev–Trinajstić information content (AvgIpc) is 2.81. The lowest BCUT2D eigenvalue weighted by molar-refractivity contribution is -0.154. The Labute approximate surface area is 227 Å². The van der Waals surface area contributed by atoms with Crippen LogP contribution in [0.25, 0.3) is 0 Å². The van der Waals surface area contributed by atoms with Gasteiger partial charge in [-0.25, -0.2) is 0 Å². The number of ether oxygens (including phenoxy) is 4. The van der Waals surface area contributed by atoms with Gasteiger partial charge < -0.3 is 29.4 Å². The normalized spacial score (nSPS) is 13.3. The van der Waals surface area contributed by atoms with E-state index < -0.39 is 5.60 Å². The van der Waals surface area contributed by atoms with Crippen LogP contribution in [0.5, 0.6) is 5.75 Å². The predicted molar refractivity (Wildman–Crippen MR) is 144 cm³/mol. The van der Waals surface area contributed by atoms with Gasteiger partial charge >= 0.3 is 5.97 Å². The van der Waals surface area contributed by atoms with E-state index in [1.54, 1.807) is 13.2 Å². The second-order valence-electron chi connectivity index (χ2n) is 9.31. The van der Waals surface area contributed by atoms with Crippen molar-refractivity contribution < 1.29 is 28.8 Å². The SMILES string of the molecule is COCCOCOc1c(Cl)cc(Br)cc1C(CCCC(=O)OC(C)(C)C)N[C@@H](CO)c1ccccc1. The summed E-state index contributed by atoms with van der Waals surface area (Å²) in [6.45, 7) is 6.29. The van der Waals surface area contributed by atoms with Crippen molar-refractivity contribution in [1.29, 1.82) is 0 Å². The molecule has 0 saturated carbocycles. The molecule has 2 aromatic rings. The zero-order valence-electron chi connectivity index (χ0n) is 21.4. The molecule has 2 atom stereocenters. The smallest absolute Gasteiger partial charge is 0.306 e. The molecule has 2 N–H and O–H groups in total. The molecule has 7 nitrogen and oxygen atoms in total. The Balaban J connectivity index is 2.29. The number of halogens is 2. The number of nitrogens with one attached hydrogen (secondary N) is 1. The molecule has 0 aromatic heterocycles. The Morgan fingerprint density at radius 3 is 2.50 bits per heavy atom. The first-order valence-electron chi connectivity index (χ1n) is 12.0. The molecule has 9 heteroatoms. The van der Waals surface area contributed by atoms with Crippen LogP contribution in [-0.2, 0) is 19.0 Å². The number of benzene rings is 2. The van der Waals surface area contributed by atoms with Crippen LogP contribution in [0.4, 0.5) is 0 Å². The largest absolute Gasteiger partial charge is 0.466 e. The van der Waals surface area contributed by atoms with Crippen molar-refractivity contribution in [2.24, 2.45) is 0 Å². The third kappa shape index (κ3) is 10.7. The van der Waals surface area contributed by atoms with Gasteiger partial charge in [0, 0.05) is 29.6 Å². The number of aliphatic hydroxyl groups excluding tert-OH is 1. The minimum absolute atomic E-state index is 0.00442. The predicted octanol–water partition coefficient (Wildman–Crippen LogP) is 5.98. The van der Waals surface area contributed by atoms with Gasteiger partial charge in [0.15, 0.2) is 6.79 Å². The van der Waals surface area contributed by atoms with Gasteiger partial charge in [0.25, 0.3) is 0 Å². The lowest BCUT2D eigenvalue weighted by Crippen LogP contribution is -2.30. The van der Waals surface area contributed by atoms with Gasteiger partial charge in [0.2, 0.25) is 0 Å². The van der Waals surface area contributed by atoms with E-state index in [4.69, 9.17) is 30.5 Å². The van der Waals surface area contributed by atoms with Crippen molar-refractivity contribution >= 4 is 33.5 Å². The molecule has 1 unspecified atom stereocenters. The van der Waals surface area contributed by atoms with Crippen molar-refractivity contribution in [3.63, 3.8) is 0 Å². The van der Waals surface area contributed by atoms with Gasteiger partial charge in [-0.1, -0.05) is 57.9 Å². The van der Waals surface area contributed by atoms with E-state index in [2.05, 4.69) is 21.2 Å². The van der Waals surface area contributed by atoms with E-state index in [0.717, 1.165) is 15.6 Å². The van der Waals surface area contributed by atoms with Crippen LogP contribution in [0.15, 0.2) is 46.9 Å². The number of aliphatic hydroxyl groups is 1. The van der Waals surface area contributed by atoms with Gasteiger partial charge in [0.05, 0.1) is 30.9 Å². The first-order chi connectivity index (χ1) is 17.1. The zero-order chi connectivity index (χ0) is 26.6. The maximum Gasteiger partial charge on any atom is 0.306 e. The standard InChI is InChI=1S/C27H37BrClNO6/c1-27(2,3)36-25(32)12-8-11-23(30-24(17-31)19-9-6-5-7-10-19)21-15-20(28)16-22(29)26(21)35-18-34-14-13-33-4/h5-7,9-10,15-16,23-24,30-31H,8,11-14,17-18H2,1-4H3/t23?,24-/m0/s1. The maximum atomic E-state index is 12.3. The topological polar surface area (TPSA) is 86.3 Å². The van der Waals surface area contributed by atoms with Crippen molar-refractivity contribution in [3.8, 4) is 5.75 Å². The maximum absolute atomic E-state index is 12.3. The molecule has 0 saturated heterocycles. The molecule has 0 fully saturated rings. The second-order valence-corrected chi connectivity index (χ2v) is 10.6. The van der Waals surface area contributed by atoms with E-state index in [-0.39, 0.29) is 37.9 Å². The highest BCUT2D eigenvalue weighted by Crippen LogP contribution is 2.39. The number of hydrogen-bond acceptors (Lipinski definition) is 7. The van der Waals surface area contributed by atoms with E-state index >= 15 is 0 Å². The van der Waals surface area contributed by atoms with E-state index in [9.17, 15) is 9.90 Å². The summed E-state index contributed by atoms with van der Waals surface area (Å²) < 4.78 is 22.7. The average molecular weight is 587 g/mol. The highest BCUT2D eigenvalue weighted by molar-refractivity contribution is 9.10. The third-order valence-corrected chi connectivity index (χ3v) is 5.95. The summed E-state index contributed by atoms with van der Waals surface area (Å²) in [5, 5.41) is 14.2. The van der Waals surface area contributed by atoms with Gasteiger partial charge in [-0.05, 0) is 51.3 Å². The molecule has 0 aliphatic heterocycles. The first kappa shape index (κ1) is 30.5. The highest BCUT2D eigenvalue weighted by atomic mass is 79.9. The van der Waals surface area contributed by atoms with Crippen LogP contribution in [0, 0.1) is 0 Å². The quantitative estimate of drug-likeness (QED) is 0.151. The Morgan fingerprint density at radius 2 is 1.86 bits per heavy atom. The summed E-state index contributed by atoms with van der Waals surface area (Å²) in [4.78, 5) is 12.3. The number of methoxy groups -OCH3 is 1. The molecule has 200 valence electrons. The fourth-order valence-electron chi connectivity index (χ4n) is 3.65. The third-order valence-electron chi connectivity index (χ3n) is 5.21. The molecule has 0 heterocycles. The number of esters is 1. The first-order valence-corrected chi connectivity index (χ1v) is 13.1. The number of rotatable bonds is 15. The molecule has 36 heavy (non-hydrogen) atoms. The van der Waals surface area contributed by atoms with Crippen LogP contribution in [0.2, 0.25) is 5.02 Å². The van der Waals surface area contributed by atoms with Crippen molar-refractivity contribution in [3.05, 3.63) is 63.1 Å². The molecule has 0 amide bonds. The lowest BCUT2D eigenvalue weighted by atomic mass is 9.97. The monoisotopic (exact) mass is 585 g/mol. The second kappa shape index (κ2) is 15.5. The Hall–Kier alpha value is -1.68. The molecule has 0 radical (unpaired) electrons. The Bertz CT molecular complexity index is 938. The number of hydrogen-bond donors (Lipinski definition) is 2. The van der Waals surface area contributed by atoms with Gasteiger partial charge in [-0.2, -0.15) is 0 Å². The summed E-state index contributed by atoms with van der Waals surface area (Å²) >= 11 is 10.1. The molecular weight excluding hydrogens is 550 g/mol. The van der Waals surface area contributed by atoms with Gasteiger partial charge in [-0.3, -0.25) is 4.79 Å². The van der Waals surface area contributed by atoms with E-state index in [1.165, 1.54) is 0 Å². The summed E-state index contributed by atoms with van der Waals surface area (Å²) in [7, 11) is 1.60.